The number of thioether (sulfide) groups is 2. The molecule has 0 N–H and O–H groups in total. The van der Waals surface area contributed by atoms with Gasteiger partial charge in [0.2, 0.25) is 5.12 Å². The molecule has 0 bridgehead atoms. The van der Waals surface area contributed by atoms with E-state index >= 15 is 0 Å². The molecule has 0 radical (unpaired) electrons. The molecule has 6 heteroatoms. The fraction of sp³-hybridized carbons (Fsp3) is 0.231. The molecule has 0 fully saturated rings. The maximum Gasteiger partial charge on any atom is 0.244 e. The van der Waals surface area contributed by atoms with E-state index < -0.39 is 0 Å². The zero-order valence-electron chi connectivity index (χ0n) is 10.8. The first-order chi connectivity index (χ1) is 9.17. The first-order valence-electron chi connectivity index (χ1n) is 5.46. The van der Waals surface area contributed by atoms with E-state index in [-0.39, 0.29) is 5.12 Å². The van der Waals surface area contributed by atoms with Crippen molar-refractivity contribution in [3.8, 4) is 11.5 Å². The van der Waals surface area contributed by atoms with Crippen LogP contribution in [0.15, 0.2) is 28.9 Å². The standard InChI is InChI=1S/C13H13NO3S2/c1-16-9-5-4-8(11(7-9)17-2)6-10-12(15)19-13(14-10)18-3/h4-7H,1-3H3. The Balaban J connectivity index is 2.37. The van der Waals surface area contributed by atoms with Crippen LogP contribution < -0.4 is 9.47 Å². The third-order valence-corrected chi connectivity index (χ3v) is 4.36. The van der Waals surface area contributed by atoms with Gasteiger partial charge in [-0.15, -0.1) is 11.8 Å². The maximum absolute atomic E-state index is 11.8. The lowest BCUT2D eigenvalue weighted by molar-refractivity contribution is -0.107. The second kappa shape index (κ2) is 6.16. The molecule has 0 amide bonds. The van der Waals surface area contributed by atoms with Crippen molar-refractivity contribution in [2.24, 2.45) is 4.99 Å². The lowest BCUT2D eigenvalue weighted by atomic mass is 10.1. The fourth-order valence-corrected chi connectivity index (χ4v) is 2.82. The van der Waals surface area contributed by atoms with Gasteiger partial charge in [-0.05, 0) is 36.2 Å². The Kier molecular flexibility index (Phi) is 4.55. The normalized spacial score (nSPS) is 16.7. The van der Waals surface area contributed by atoms with E-state index in [4.69, 9.17) is 9.47 Å². The Hall–Kier alpha value is -1.40. The summed E-state index contributed by atoms with van der Waals surface area (Å²) >= 11 is 2.62. The van der Waals surface area contributed by atoms with Crippen molar-refractivity contribution in [2.75, 3.05) is 20.5 Å². The van der Waals surface area contributed by atoms with Crippen LogP contribution >= 0.6 is 23.5 Å². The van der Waals surface area contributed by atoms with E-state index in [9.17, 15) is 4.79 Å². The van der Waals surface area contributed by atoms with Gasteiger partial charge >= 0.3 is 0 Å². The molecule has 0 saturated heterocycles. The molecular weight excluding hydrogens is 282 g/mol. The molecule has 0 atom stereocenters. The van der Waals surface area contributed by atoms with Crippen molar-refractivity contribution in [3.63, 3.8) is 0 Å². The third-order valence-electron chi connectivity index (χ3n) is 2.51. The van der Waals surface area contributed by atoms with Gasteiger partial charge < -0.3 is 9.47 Å². The Bertz CT molecular complexity index is 567. The number of nitrogens with zero attached hydrogens (tertiary/aromatic N) is 1. The molecule has 0 spiro atoms. The minimum atomic E-state index is -0.0396. The number of carbonyl (C=O) groups is 1. The second-order valence-electron chi connectivity index (χ2n) is 3.61. The van der Waals surface area contributed by atoms with Crippen molar-refractivity contribution in [1.29, 1.82) is 0 Å². The van der Waals surface area contributed by atoms with Crippen LogP contribution in [-0.4, -0.2) is 30.0 Å². The number of benzene rings is 1. The van der Waals surface area contributed by atoms with Gasteiger partial charge in [-0.25, -0.2) is 4.99 Å². The van der Waals surface area contributed by atoms with Crippen LogP contribution in [0.3, 0.4) is 0 Å². The highest BCUT2D eigenvalue weighted by atomic mass is 32.2. The van der Waals surface area contributed by atoms with Gasteiger partial charge in [-0.1, -0.05) is 0 Å². The number of ether oxygens (including phenoxy) is 2. The van der Waals surface area contributed by atoms with Crippen LogP contribution in [0.1, 0.15) is 5.56 Å². The molecule has 0 aliphatic carbocycles. The number of aliphatic imine (C=N–C) groups is 1. The molecule has 1 heterocycles. The fourth-order valence-electron chi connectivity index (χ4n) is 1.56. The lowest BCUT2D eigenvalue weighted by Crippen LogP contribution is -1.92. The van der Waals surface area contributed by atoms with Gasteiger partial charge in [-0.2, -0.15) is 0 Å². The van der Waals surface area contributed by atoms with Crippen LogP contribution in [0.25, 0.3) is 6.08 Å². The third kappa shape index (κ3) is 3.13. The zero-order chi connectivity index (χ0) is 13.8. The highest BCUT2D eigenvalue weighted by Gasteiger charge is 2.21. The molecule has 1 aromatic carbocycles. The molecule has 2 rings (SSSR count). The van der Waals surface area contributed by atoms with Gasteiger partial charge in [0, 0.05) is 11.6 Å². The van der Waals surface area contributed by atoms with Gasteiger partial charge in [-0.3, -0.25) is 4.79 Å². The summed E-state index contributed by atoms with van der Waals surface area (Å²) in [6, 6.07) is 5.44. The van der Waals surface area contributed by atoms with E-state index in [1.807, 2.05) is 18.4 Å². The van der Waals surface area contributed by atoms with E-state index in [1.165, 1.54) is 11.8 Å². The van der Waals surface area contributed by atoms with Gasteiger partial charge in [0.05, 0.1) is 14.2 Å². The smallest absolute Gasteiger partial charge is 0.244 e. The molecule has 0 saturated carbocycles. The van der Waals surface area contributed by atoms with E-state index in [2.05, 4.69) is 4.99 Å². The quantitative estimate of drug-likeness (QED) is 0.802. The predicted molar refractivity (Wildman–Crippen MR) is 81.1 cm³/mol. The van der Waals surface area contributed by atoms with E-state index in [0.717, 1.165) is 21.7 Å². The van der Waals surface area contributed by atoms with Crippen LogP contribution in [0.2, 0.25) is 0 Å². The number of hydrogen-bond acceptors (Lipinski definition) is 6. The van der Waals surface area contributed by atoms with Crippen molar-refractivity contribution in [3.05, 3.63) is 29.5 Å². The summed E-state index contributed by atoms with van der Waals surface area (Å²) in [6.07, 6.45) is 3.63. The van der Waals surface area contributed by atoms with Gasteiger partial charge in [0.25, 0.3) is 0 Å². The molecule has 1 aromatic rings. The Morgan fingerprint density at radius 3 is 2.68 bits per heavy atom. The largest absolute Gasteiger partial charge is 0.497 e. The Labute approximate surface area is 120 Å². The molecule has 0 aromatic heterocycles. The van der Waals surface area contributed by atoms with Crippen LogP contribution in [-0.2, 0) is 4.79 Å². The minimum Gasteiger partial charge on any atom is -0.497 e. The van der Waals surface area contributed by atoms with Crippen molar-refractivity contribution < 1.29 is 14.3 Å². The zero-order valence-corrected chi connectivity index (χ0v) is 12.4. The number of methoxy groups -OCH3 is 2. The van der Waals surface area contributed by atoms with Crippen molar-refractivity contribution >= 4 is 39.1 Å². The number of carbonyl (C=O) groups excluding carboxylic acids is 1. The summed E-state index contributed by atoms with van der Waals surface area (Å²) in [6.45, 7) is 0. The summed E-state index contributed by atoms with van der Waals surface area (Å²) < 4.78 is 11.2. The molecule has 19 heavy (non-hydrogen) atoms. The number of rotatable bonds is 3. The molecule has 100 valence electrons. The van der Waals surface area contributed by atoms with Crippen LogP contribution in [0, 0.1) is 0 Å². The average Bonchev–Trinajstić information content (AvgIpc) is 2.80. The molecule has 4 nitrogen and oxygen atoms in total. The van der Waals surface area contributed by atoms with Crippen LogP contribution in [0.4, 0.5) is 0 Å². The summed E-state index contributed by atoms with van der Waals surface area (Å²) in [5, 5.41) is -0.0396. The topological polar surface area (TPSA) is 47.9 Å². The minimum absolute atomic E-state index is 0.0396. The monoisotopic (exact) mass is 295 g/mol. The van der Waals surface area contributed by atoms with E-state index in [0.29, 0.717) is 17.2 Å². The summed E-state index contributed by atoms with van der Waals surface area (Å²) in [5.74, 6) is 1.36. The maximum atomic E-state index is 11.8. The van der Waals surface area contributed by atoms with Crippen molar-refractivity contribution in [2.45, 2.75) is 0 Å². The Morgan fingerprint density at radius 1 is 1.32 bits per heavy atom. The molecule has 0 unspecified atom stereocenters. The first kappa shape index (κ1) is 14.0. The molecule has 1 aliphatic heterocycles. The predicted octanol–water partition coefficient (Wildman–Crippen LogP) is 3.04. The second-order valence-corrected chi connectivity index (χ2v) is 5.62. The summed E-state index contributed by atoms with van der Waals surface area (Å²) in [4.78, 5) is 16.0. The Morgan fingerprint density at radius 2 is 2.11 bits per heavy atom. The highest BCUT2D eigenvalue weighted by molar-refractivity contribution is 8.45. The van der Waals surface area contributed by atoms with Crippen molar-refractivity contribution in [1.82, 2.24) is 0 Å². The lowest BCUT2D eigenvalue weighted by Gasteiger charge is -2.07. The van der Waals surface area contributed by atoms with Gasteiger partial charge in [0.15, 0.2) is 0 Å². The molecular formula is C13H13NO3S2. The first-order valence-corrected chi connectivity index (χ1v) is 7.50. The SMILES string of the molecule is COc1ccc(C=C2N=C(SC)SC2=O)c(OC)c1. The average molecular weight is 295 g/mol. The van der Waals surface area contributed by atoms with Gasteiger partial charge in [0.1, 0.15) is 21.6 Å². The summed E-state index contributed by atoms with van der Waals surface area (Å²) in [5.41, 5.74) is 1.25. The highest BCUT2D eigenvalue weighted by Crippen LogP contribution is 2.32. The number of hydrogen-bond donors (Lipinski definition) is 0. The molecule has 1 aliphatic rings. The van der Waals surface area contributed by atoms with Crippen LogP contribution in [0.5, 0.6) is 11.5 Å². The summed E-state index contributed by atoms with van der Waals surface area (Å²) in [7, 11) is 3.18. The van der Waals surface area contributed by atoms with E-state index in [1.54, 1.807) is 26.4 Å².